The molecule has 190 valence electrons. The molecule has 4 rings (SSSR count). The molecule has 2 fully saturated rings. The van der Waals surface area contributed by atoms with Gasteiger partial charge >= 0.3 is 6.03 Å². The fourth-order valence-electron chi connectivity index (χ4n) is 5.68. The number of piperidine rings is 1. The van der Waals surface area contributed by atoms with Gasteiger partial charge in [-0.1, -0.05) is 54.1 Å². The van der Waals surface area contributed by atoms with Gasteiger partial charge in [-0.3, -0.25) is 0 Å². The van der Waals surface area contributed by atoms with Crippen molar-refractivity contribution < 1.29 is 14.6 Å². The Balaban J connectivity index is 1.65. The van der Waals surface area contributed by atoms with Gasteiger partial charge in [0.2, 0.25) is 0 Å². The zero-order valence-electron chi connectivity index (χ0n) is 20.7. The van der Waals surface area contributed by atoms with Gasteiger partial charge in [-0.2, -0.15) is 0 Å². The van der Waals surface area contributed by atoms with Crippen molar-refractivity contribution in [2.24, 2.45) is 11.7 Å². The summed E-state index contributed by atoms with van der Waals surface area (Å²) in [5, 5.41) is 13.2. The van der Waals surface area contributed by atoms with Crippen LogP contribution in [0.1, 0.15) is 44.1 Å². The Labute approximate surface area is 214 Å². The fraction of sp³-hybridized carbons (Fsp3) is 0.536. The number of likely N-dealkylation sites (tertiary alicyclic amines) is 2. The standard InChI is InChI=1S/C28H38ClN3O3/c1-35-18-7-6-15-28(34,25-12-4-2-10-23(25)24-11-3-5-13-26(24)29)21-9-8-16-31(19-21)27(33)32-17-14-22(30)20-32/h2-5,10-13,21-22,34H,6-9,14-20,30H2,1H3/t21-,22?,28+/m1/s1. The molecule has 7 heteroatoms. The number of hydrogen-bond donors (Lipinski definition) is 2. The molecule has 2 aliphatic heterocycles. The summed E-state index contributed by atoms with van der Waals surface area (Å²) in [6.07, 6.45) is 4.86. The van der Waals surface area contributed by atoms with E-state index in [0.717, 1.165) is 48.8 Å². The van der Waals surface area contributed by atoms with Crippen molar-refractivity contribution in [1.29, 1.82) is 0 Å². The van der Waals surface area contributed by atoms with Crippen LogP contribution in [0.5, 0.6) is 0 Å². The maximum atomic E-state index is 13.3. The van der Waals surface area contributed by atoms with Crippen LogP contribution in [0.25, 0.3) is 11.1 Å². The molecule has 3 atom stereocenters. The molecule has 0 aromatic heterocycles. The molecule has 2 heterocycles. The number of rotatable bonds is 8. The van der Waals surface area contributed by atoms with Gasteiger partial charge in [0.1, 0.15) is 0 Å². The second-order valence-corrected chi connectivity index (χ2v) is 10.4. The number of nitrogens with zero attached hydrogens (tertiary/aromatic N) is 2. The molecule has 0 radical (unpaired) electrons. The number of unbranched alkanes of at least 4 members (excludes halogenated alkanes) is 1. The van der Waals surface area contributed by atoms with Crippen molar-refractivity contribution in [2.45, 2.75) is 50.2 Å². The average Bonchev–Trinajstić information content (AvgIpc) is 3.32. The van der Waals surface area contributed by atoms with Gasteiger partial charge in [-0.15, -0.1) is 0 Å². The number of methoxy groups -OCH3 is 1. The first-order valence-electron chi connectivity index (χ1n) is 12.8. The van der Waals surface area contributed by atoms with E-state index < -0.39 is 5.60 Å². The monoisotopic (exact) mass is 499 g/mol. The largest absolute Gasteiger partial charge is 0.385 e. The van der Waals surface area contributed by atoms with Crippen LogP contribution in [0.2, 0.25) is 5.02 Å². The predicted octanol–water partition coefficient (Wildman–Crippen LogP) is 4.88. The van der Waals surface area contributed by atoms with Crippen molar-refractivity contribution >= 4 is 17.6 Å². The molecule has 6 nitrogen and oxygen atoms in total. The van der Waals surface area contributed by atoms with Crippen LogP contribution < -0.4 is 5.73 Å². The van der Waals surface area contributed by atoms with E-state index in [4.69, 9.17) is 22.1 Å². The third-order valence-corrected chi connectivity index (χ3v) is 7.91. The summed E-state index contributed by atoms with van der Waals surface area (Å²) in [5.41, 5.74) is 7.70. The summed E-state index contributed by atoms with van der Waals surface area (Å²) in [5.74, 6) is -0.0809. The highest BCUT2D eigenvalue weighted by Crippen LogP contribution is 2.44. The first-order chi connectivity index (χ1) is 16.9. The van der Waals surface area contributed by atoms with E-state index in [1.807, 2.05) is 58.3 Å². The number of nitrogens with two attached hydrogens (primary N) is 1. The minimum absolute atomic E-state index is 0.0452. The molecule has 3 N–H and O–H groups in total. The minimum atomic E-state index is -1.09. The Morgan fingerprint density at radius 1 is 1.06 bits per heavy atom. The molecule has 2 aliphatic rings. The molecule has 2 aromatic rings. The van der Waals surface area contributed by atoms with Gasteiger partial charge in [-0.25, -0.2) is 4.79 Å². The first-order valence-corrected chi connectivity index (χ1v) is 13.2. The topological polar surface area (TPSA) is 79.0 Å². The van der Waals surface area contributed by atoms with Gasteiger partial charge < -0.3 is 25.4 Å². The number of benzene rings is 2. The average molecular weight is 500 g/mol. The Morgan fingerprint density at radius 2 is 1.77 bits per heavy atom. The second-order valence-electron chi connectivity index (χ2n) is 9.96. The van der Waals surface area contributed by atoms with Crippen LogP contribution in [0, 0.1) is 5.92 Å². The SMILES string of the molecule is COCCCC[C@@](O)(c1ccccc1-c1ccccc1Cl)[C@@H]1CCCN(C(=O)N2CCC(N)C2)C1. The summed E-state index contributed by atoms with van der Waals surface area (Å²) in [6.45, 7) is 3.22. The van der Waals surface area contributed by atoms with Crippen LogP contribution >= 0.6 is 11.6 Å². The zero-order chi connectivity index (χ0) is 24.8. The number of hydrogen-bond acceptors (Lipinski definition) is 4. The lowest BCUT2D eigenvalue weighted by Gasteiger charge is -2.44. The summed E-state index contributed by atoms with van der Waals surface area (Å²) in [6, 6.07) is 15.9. The van der Waals surface area contributed by atoms with E-state index in [0.29, 0.717) is 44.2 Å². The summed E-state index contributed by atoms with van der Waals surface area (Å²) in [7, 11) is 1.70. The normalized spacial score (nSPS) is 22.3. The van der Waals surface area contributed by atoms with Crippen LogP contribution in [0.3, 0.4) is 0 Å². The van der Waals surface area contributed by atoms with E-state index in [-0.39, 0.29) is 18.0 Å². The Bertz CT molecular complexity index is 1000. The van der Waals surface area contributed by atoms with Crippen molar-refractivity contribution in [3.05, 3.63) is 59.1 Å². The number of amides is 2. The van der Waals surface area contributed by atoms with E-state index in [9.17, 15) is 9.90 Å². The number of carbonyl (C=O) groups is 1. The van der Waals surface area contributed by atoms with E-state index in [1.165, 1.54) is 0 Å². The Hall–Kier alpha value is -2.12. The second kappa shape index (κ2) is 11.7. The molecule has 35 heavy (non-hydrogen) atoms. The number of carbonyl (C=O) groups excluding carboxylic acids is 1. The summed E-state index contributed by atoms with van der Waals surface area (Å²) < 4.78 is 5.26. The van der Waals surface area contributed by atoms with Crippen LogP contribution in [0.4, 0.5) is 4.79 Å². The molecule has 0 aliphatic carbocycles. The van der Waals surface area contributed by atoms with E-state index >= 15 is 0 Å². The summed E-state index contributed by atoms with van der Waals surface area (Å²) in [4.78, 5) is 17.1. The molecular formula is C28H38ClN3O3. The molecule has 0 bridgehead atoms. The quantitative estimate of drug-likeness (QED) is 0.507. The third kappa shape index (κ3) is 5.83. The number of urea groups is 1. The van der Waals surface area contributed by atoms with Crippen LogP contribution in [0.15, 0.2) is 48.5 Å². The van der Waals surface area contributed by atoms with Gasteiger partial charge in [0.05, 0.1) is 5.60 Å². The molecule has 0 saturated carbocycles. The van der Waals surface area contributed by atoms with Crippen molar-refractivity contribution in [2.75, 3.05) is 39.9 Å². The highest BCUT2D eigenvalue weighted by molar-refractivity contribution is 6.33. The predicted molar refractivity (Wildman–Crippen MR) is 140 cm³/mol. The Morgan fingerprint density at radius 3 is 2.49 bits per heavy atom. The molecule has 1 unspecified atom stereocenters. The molecule has 2 aromatic carbocycles. The molecule has 2 amide bonds. The number of ether oxygens (including phenoxy) is 1. The third-order valence-electron chi connectivity index (χ3n) is 7.58. The molecule has 2 saturated heterocycles. The van der Waals surface area contributed by atoms with Crippen molar-refractivity contribution in [3.8, 4) is 11.1 Å². The maximum absolute atomic E-state index is 13.3. The van der Waals surface area contributed by atoms with Crippen LogP contribution in [-0.4, -0.2) is 66.9 Å². The van der Waals surface area contributed by atoms with Gasteiger partial charge in [0.25, 0.3) is 0 Å². The Kier molecular flexibility index (Phi) is 8.71. The van der Waals surface area contributed by atoms with E-state index in [1.54, 1.807) is 7.11 Å². The van der Waals surface area contributed by atoms with Gasteiger partial charge in [0.15, 0.2) is 0 Å². The number of aliphatic hydroxyl groups is 1. The zero-order valence-corrected chi connectivity index (χ0v) is 21.4. The highest BCUT2D eigenvalue weighted by Gasteiger charge is 2.43. The molecule has 0 spiro atoms. The smallest absolute Gasteiger partial charge is 0.320 e. The van der Waals surface area contributed by atoms with Gasteiger partial charge in [-0.05, 0) is 55.7 Å². The van der Waals surface area contributed by atoms with Crippen LogP contribution in [-0.2, 0) is 10.3 Å². The lowest BCUT2D eigenvalue weighted by Crippen LogP contribution is -2.51. The summed E-state index contributed by atoms with van der Waals surface area (Å²) >= 11 is 6.59. The highest BCUT2D eigenvalue weighted by atomic mass is 35.5. The fourth-order valence-corrected chi connectivity index (χ4v) is 5.91. The minimum Gasteiger partial charge on any atom is -0.385 e. The number of halogens is 1. The van der Waals surface area contributed by atoms with E-state index in [2.05, 4.69) is 0 Å². The van der Waals surface area contributed by atoms with Crippen molar-refractivity contribution in [1.82, 2.24) is 9.80 Å². The lowest BCUT2D eigenvalue weighted by atomic mass is 9.72. The lowest BCUT2D eigenvalue weighted by molar-refractivity contribution is -0.0571. The van der Waals surface area contributed by atoms with Gasteiger partial charge in [0, 0.05) is 62.4 Å². The molecular weight excluding hydrogens is 462 g/mol. The van der Waals surface area contributed by atoms with Crippen molar-refractivity contribution in [3.63, 3.8) is 0 Å². The first kappa shape index (κ1) is 26.0. The maximum Gasteiger partial charge on any atom is 0.320 e.